The number of carbonyl (C=O) groups excluding carboxylic acids is 1. The number of pyridine rings is 1. The van der Waals surface area contributed by atoms with E-state index in [-0.39, 0.29) is 17.2 Å². The predicted octanol–water partition coefficient (Wildman–Crippen LogP) is 0.719. The molecule has 2 aromatic rings. The van der Waals surface area contributed by atoms with Crippen molar-refractivity contribution in [2.45, 2.75) is 0 Å². The van der Waals surface area contributed by atoms with E-state index in [0.29, 0.717) is 29.7 Å². The normalized spacial score (nSPS) is 14.7. The molecule has 0 atom stereocenters. The maximum Gasteiger partial charge on any atom is 0.256 e. The Morgan fingerprint density at radius 2 is 2.17 bits per heavy atom. The van der Waals surface area contributed by atoms with E-state index < -0.39 is 5.91 Å². The summed E-state index contributed by atoms with van der Waals surface area (Å²) >= 11 is 6.31. The second-order valence-corrected chi connectivity index (χ2v) is 5.39. The van der Waals surface area contributed by atoms with Crippen molar-refractivity contribution >= 4 is 40.6 Å². The number of hydrogen-bond donors (Lipinski definition) is 4. The van der Waals surface area contributed by atoms with Crippen molar-refractivity contribution in [3.8, 4) is 0 Å². The summed E-state index contributed by atoms with van der Waals surface area (Å²) in [5.41, 5.74) is 11.6. The molecular formula is C13H16ClN7O2. The molecule has 0 saturated carbocycles. The number of anilines is 4. The third-order valence-electron chi connectivity index (χ3n) is 3.44. The fourth-order valence-corrected chi connectivity index (χ4v) is 2.62. The van der Waals surface area contributed by atoms with Gasteiger partial charge in [-0.25, -0.2) is 4.98 Å². The molecule has 122 valence electrons. The van der Waals surface area contributed by atoms with Crippen LogP contribution in [0, 0.1) is 0 Å². The number of ether oxygens (including phenoxy) is 1. The number of nitrogens with zero attached hydrogens (tertiary/aromatic N) is 3. The highest BCUT2D eigenvalue weighted by molar-refractivity contribution is 6.33. The molecule has 0 spiro atoms. The molecule has 3 rings (SSSR count). The summed E-state index contributed by atoms with van der Waals surface area (Å²) < 4.78 is 5.31. The third-order valence-corrected chi connectivity index (χ3v) is 3.71. The molecule has 6 N–H and O–H groups in total. The number of primary amides is 1. The van der Waals surface area contributed by atoms with E-state index in [1.54, 1.807) is 12.3 Å². The van der Waals surface area contributed by atoms with Gasteiger partial charge in [-0.15, -0.1) is 0 Å². The van der Waals surface area contributed by atoms with Gasteiger partial charge in [0.1, 0.15) is 17.2 Å². The average molecular weight is 338 g/mol. The molecule has 9 nitrogen and oxygen atoms in total. The summed E-state index contributed by atoms with van der Waals surface area (Å²) in [5.74, 6) is 0.343. The van der Waals surface area contributed by atoms with Gasteiger partial charge in [0.15, 0.2) is 5.82 Å². The van der Waals surface area contributed by atoms with Gasteiger partial charge in [0, 0.05) is 13.1 Å². The summed E-state index contributed by atoms with van der Waals surface area (Å²) in [6.07, 6.45) is 1.60. The smallest absolute Gasteiger partial charge is 0.256 e. The number of morpholine rings is 1. The fourth-order valence-electron chi connectivity index (χ4n) is 2.34. The zero-order valence-corrected chi connectivity index (χ0v) is 12.9. The number of H-pyrrole nitrogens is 1. The van der Waals surface area contributed by atoms with Crippen LogP contribution in [-0.4, -0.2) is 47.4 Å². The predicted molar refractivity (Wildman–Crippen MR) is 87.1 cm³/mol. The van der Waals surface area contributed by atoms with E-state index in [9.17, 15) is 4.79 Å². The van der Waals surface area contributed by atoms with Crippen LogP contribution in [0.15, 0.2) is 12.3 Å². The van der Waals surface area contributed by atoms with Gasteiger partial charge in [-0.1, -0.05) is 11.6 Å². The van der Waals surface area contributed by atoms with Crippen molar-refractivity contribution < 1.29 is 9.53 Å². The molecule has 1 aliphatic rings. The van der Waals surface area contributed by atoms with Gasteiger partial charge in [0.2, 0.25) is 0 Å². The topological polar surface area (TPSA) is 135 Å². The van der Waals surface area contributed by atoms with Gasteiger partial charge in [0.25, 0.3) is 5.91 Å². The molecule has 3 heterocycles. The Morgan fingerprint density at radius 3 is 2.83 bits per heavy atom. The average Bonchev–Trinajstić information content (AvgIpc) is 2.89. The van der Waals surface area contributed by atoms with E-state index >= 15 is 0 Å². The number of hydrogen-bond acceptors (Lipinski definition) is 7. The monoisotopic (exact) mass is 337 g/mol. The van der Waals surface area contributed by atoms with E-state index in [2.05, 4.69) is 25.4 Å². The van der Waals surface area contributed by atoms with Crippen molar-refractivity contribution in [2.24, 2.45) is 5.73 Å². The van der Waals surface area contributed by atoms with Gasteiger partial charge >= 0.3 is 0 Å². The van der Waals surface area contributed by atoms with Gasteiger partial charge in [-0.3, -0.25) is 9.89 Å². The number of rotatable bonds is 4. The van der Waals surface area contributed by atoms with Crippen LogP contribution in [0.25, 0.3) is 0 Å². The molecule has 10 heteroatoms. The van der Waals surface area contributed by atoms with Crippen molar-refractivity contribution in [3.05, 3.63) is 22.8 Å². The first-order chi connectivity index (χ1) is 11.1. The van der Waals surface area contributed by atoms with Gasteiger partial charge in [-0.2, -0.15) is 5.10 Å². The summed E-state index contributed by atoms with van der Waals surface area (Å²) in [5, 5.41) is 9.84. The molecule has 0 unspecified atom stereocenters. The molecule has 1 fully saturated rings. The highest BCUT2D eigenvalue weighted by Crippen LogP contribution is 2.29. The second-order valence-electron chi connectivity index (χ2n) is 4.98. The van der Waals surface area contributed by atoms with Crippen molar-refractivity contribution in [1.82, 2.24) is 15.2 Å². The molecule has 23 heavy (non-hydrogen) atoms. The highest BCUT2D eigenvalue weighted by atomic mass is 35.5. The SMILES string of the molecule is NC(=O)c1c(Nc2cnc(N3CCOCC3)c(Cl)c2)n[nH]c1N. The summed E-state index contributed by atoms with van der Waals surface area (Å²) in [6.45, 7) is 2.77. The molecule has 2 aromatic heterocycles. The van der Waals surface area contributed by atoms with Gasteiger partial charge in [0.05, 0.1) is 30.1 Å². The van der Waals surface area contributed by atoms with Crippen molar-refractivity contribution in [2.75, 3.05) is 42.3 Å². The summed E-state index contributed by atoms with van der Waals surface area (Å²) in [7, 11) is 0. The maximum absolute atomic E-state index is 11.4. The Kier molecular flexibility index (Phi) is 4.22. The lowest BCUT2D eigenvalue weighted by Gasteiger charge is -2.28. The van der Waals surface area contributed by atoms with Gasteiger partial charge in [-0.05, 0) is 6.07 Å². The molecule has 0 aromatic carbocycles. The zero-order chi connectivity index (χ0) is 16.4. The molecule has 1 amide bonds. The standard InChI is InChI=1S/C13H16ClN7O2/c14-8-5-7(6-17-13(8)21-1-3-23-4-2-21)18-12-9(11(16)22)10(15)19-20-12/h5-6H,1-4H2,(H2,16,22)(H4,15,18,19,20). The van der Waals surface area contributed by atoms with Crippen molar-refractivity contribution in [1.29, 1.82) is 0 Å². The minimum absolute atomic E-state index is 0.0957. The van der Waals surface area contributed by atoms with Gasteiger partial charge < -0.3 is 26.4 Å². The fraction of sp³-hybridized carbons (Fsp3) is 0.308. The van der Waals surface area contributed by atoms with Crippen molar-refractivity contribution in [3.63, 3.8) is 0 Å². The molecule has 1 aliphatic heterocycles. The lowest BCUT2D eigenvalue weighted by molar-refractivity contribution is 0.100. The van der Waals surface area contributed by atoms with Crippen LogP contribution in [0.2, 0.25) is 5.02 Å². The molecule has 0 bridgehead atoms. The second kappa shape index (κ2) is 6.31. The Morgan fingerprint density at radius 1 is 1.43 bits per heavy atom. The number of aromatic nitrogens is 3. The molecule has 0 aliphatic carbocycles. The minimum Gasteiger partial charge on any atom is -0.383 e. The number of nitrogens with two attached hydrogens (primary N) is 2. The van der Waals surface area contributed by atoms with Crippen LogP contribution in [0.3, 0.4) is 0 Å². The van der Waals surface area contributed by atoms with Crippen LogP contribution in [0.5, 0.6) is 0 Å². The molecule has 0 radical (unpaired) electrons. The van der Waals surface area contributed by atoms with Crippen LogP contribution in [0.1, 0.15) is 10.4 Å². The zero-order valence-electron chi connectivity index (χ0n) is 12.2. The first kappa shape index (κ1) is 15.4. The number of halogens is 1. The van der Waals surface area contributed by atoms with E-state index in [1.807, 2.05) is 0 Å². The Balaban J connectivity index is 1.82. The first-order valence-corrected chi connectivity index (χ1v) is 7.33. The van der Waals surface area contributed by atoms with E-state index in [0.717, 1.165) is 13.1 Å². The number of aromatic amines is 1. The lowest BCUT2D eigenvalue weighted by atomic mass is 10.2. The Bertz CT molecular complexity index is 727. The molecule has 1 saturated heterocycles. The molecular weight excluding hydrogens is 322 g/mol. The summed E-state index contributed by atoms with van der Waals surface area (Å²) in [6, 6.07) is 1.70. The number of nitrogen functional groups attached to an aromatic ring is 1. The number of carbonyl (C=O) groups is 1. The Labute approximate surface area is 136 Å². The van der Waals surface area contributed by atoms with E-state index in [1.165, 1.54) is 0 Å². The van der Waals surface area contributed by atoms with Crippen LogP contribution in [-0.2, 0) is 4.74 Å². The third kappa shape index (κ3) is 3.15. The number of amides is 1. The summed E-state index contributed by atoms with van der Waals surface area (Å²) in [4.78, 5) is 17.8. The van der Waals surface area contributed by atoms with Crippen LogP contribution in [0.4, 0.5) is 23.1 Å². The Hall–Kier alpha value is -2.52. The maximum atomic E-state index is 11.4. The van der Waals surface area contributed by atoms with Crippen LogP contribution < -0.4 is 21.7 Å². The lowest BCUT2D eigenvalue weighted by Crippen LogP contribution is -2.36. The van der Waals surface area contributed by atoms with Crippen LogP contribution >= 0.6 is 11.6 Å². The largest absolute Gasteiger partial charge is 0.383 e. The minimum atomic E-state index is -0.678. The number of nitrogens with one attached hydrogen (secondary N) is 2. The van der Waals surface area contributed by atoms with E-state index in [4.69, 9.17) is 27.8 Å². The first-order valence-electron chi connectivity index (χ1n) is 6.95. The quantitative estimate of drug-likeness (QED) is 0.645. The highest BCUT2D eigenvalue weighted by Gasteiger charge is 2.18.